The summed E-state index contributed by atoms with van der Waals surface area (Å²) in [5.41, 5.74) is 0.720. The van der Waals surface area contributed by atoms with E-state index in [1.165, 1.54) is 6.07 Å². The summed E-state index contributed by atoms with van der Waals surface area (Å²) in [7, 11) is 0. The summed E-state index contributed by atoms with van der Waals surface area (Å²) in [5.74, 6) is 1.81. The molecule has 0 radical (unpaired) electrons. The number of para-hydroxylation sites is 2. The number of benzene rings is 2. The molecule has 0 bridgehead atoms. The summed E-state index contributed by atoms with van der Waals surface area (Å²) in [6, 6.07) is 14.3. The molecule has 1 fully saturated rings. The normalized spacial score (nSPS) is 22.6. The summed E-state index contributed by atoms with van der Waals surface area (Å²) >= 11 is 1.70. The van der Waals surface area contributed by atoms with Crippen LogP contribution in [-0.2, 0) is 4.79 Å². The van der Waals surface area contributed by atoms with Crippen molar-refractivity contribution in [2.75, 3.05) is 25.4 Å². The number of amides is 1. The third-order valence-electron chi connectivity index (χ3n) is 4.69. The van der Waals surface area contributed by atoms with Crippen LogP contribution in [0.2, 0.25) is 0 Å². The van der Waals surface area contributed by atoms with Gasteiger partial charge in [-0.2, -0.15) is 11.8 Å². The summed E-state index contributed by atoms with van der Waals surface area (Å²) < 4.78 is 25.6. The van der Waals surface area contributed by atoms with Gasteiger partial charge in [-0.1, -0.05) is 30.3 Å². The van der Waals surface area contributed by atoms with Crippen molar-refractivity contribution in [1.82, 2.24) is 4.90 Å². The number of thioether (sulfide) groups is 1. The molecule has 0 spiro atoms. The van der Waals surface area contributed by atoms with E-state index < -0.39 is 6.10 Å². The molecule has 136 valence electrons. The Morgan fingerprint density at radius 2 is 1.85 bits per heavy atom. The van der Waals surface area contributed by atoms with Crippen LogP contribution in [0.15, 0.2) is 48.5 Å². The molecule has 2 heterocycles. The number of halogens is 1. The minimum Gasteiger partial charge on any atom is -0.485 e. The molecule has 1 saturated heterocycles. The molecule has 0 aliphatic carbocycles. The van der Waals surface area contributed by atoms with Crippen LogP contribution in [0.1, 0.15) is 17.2 Å². The zero-order chi connectivity index (χ0) is 17.9. The van der Waals surface area contributed by atoms with E-state index in [9.17, 15) is 9.18 Å². The minimum absolute atomic E-state index is 0.0608. The van der Waals surface area contributed by atoms with Crippen LogP contribution in [0.3, 0.4) is 0 Å². The van der Waals surface area contributed by atoms with E-state index in [-0.39, 0.29) is 23.6 Å². The molecule has 2 aromatic rings. The fourth-order valence-corrected chi connectivity index (χ4v) is 4.57. The second-order valence-electron chi connectivity index (χ2n) is 6.36. The molecular weight excluding hydrogens is 353 g/mol. The van der Waals surface area contributed by atoms with Gasteiger partial charge in [-0.25, -0.2) is 4.39 Å². The van der Waals surface area contributed by atoms with E-state index in [2.05, 4.69) is 0 Å². The predicted molar refractivity (Wildman–Crippen MR) is 99.1 cm³/mol. The van der Waals surface area contributed by atoms with Crippen LogP contribution in [0, 0.1) is 5.82 Å². The van der Waals surface area contributed by atoms with Crippen LogP contribution < -0.4 is 9.47 Å². The van der Waals surface area contributed by atoms with Crippen molar-refractivity contribution in [3.8, 4) is 11.5 Å². The van der Waals surface area contributed by atoms with E-state index in [0.717, 1.165) is 17.7 Å². The monoisotopic (exact) mass is 373 g/mol. The molecule has 2 atom stereocenters. The lowest BCUT2D eigenvalue weighted by molar-refractivity contribution is -0.140. The first kappa shape index (κ1) is 17.2. The maximum atomic E-state index is 14.1. The maximum Gasteiger partial charge on any atom is 0.267 e. The maximum absolute atomic E-state index is 14.1. The van der Waals surface area contributed by atoms with E-state index in [0.29, 0.717) is 24.6 Å². The topological polar surface area (TPSA) is 38.8 Å². The van der Waals surface area contributed by atoms with Gasteiger partial charge >= 0.3 is 0 Å². The molecule has 2 aliphatic rings. The third-order valence-corrected chi connectivity index (χ3v) is 6.00. The first-order valence-electron chi connectivity index (χ1n) is 8.75. The Labute approximate surface area is 156 Å². The zero-order valence-corrected chi connectivity index (χ0v) is 15.1. The van der Waals surface area contributed by atoms with Crippen LogP contribution in [0.5, 0.6) is 11.5 Å². The highest BCUT2D eigenvalue weighted by atomic mass is 32.2. The third kappa shape index (κ3) is 3.51. The van der Waals surface area contributed by atoms with Crippen molar-refractivity contribution in [1.29, 1.82) is 0 Å². The van der Waals surface area contributed by atoms with E-state index in [1.807, 2.05) is 35.2 Å². The molecule has 2 aliphatic heterocycles. The molecular formula is C20H20FNO3S. The van der Waals surface area contributed by atoms with Gasteiger partial charge in [0.1, 0.15) is 12.4 Å². The van der Waals surface area contributed by atoms with Crippen LogP contribution >= 0.6 is 11.8 Å². The molecule has 0 N–H and O–H groups in total. The SMILES string of the molecule is O=C(C1COc2ccccc2O1)N1CCSC(c2ccccc2F)CC1. The lowest BCUT2D eigenvalue weighted by atomic mass is 10.1. The van der Waals surface area contributed by atoms with Gasteiger partial charge in [0, 0.05) is 29.7 Å². The largest absolute Gasteiger partial charge is 0.485 e. The number of nitrogens with zero attached hydrogens (tertiary/aromatic N) is 1. The first-order chi connectivity index (χ1) is 12.7. The summed E-state index contributed by atoms with van der Waals surface area (Å²) in [4.78, 5) is 14.7. The lowest BCUT2D eigenvalue weighted by Crippen LogP contribution is -2.47. The van der Waals surface area contributed by atoms with Crippen LogP contribution in [0.4, 0.5) is 4.39 Å². The highest BCUT2D eigenvalue weighted by molar-refractivity contribution is 7.99. The second-order valence-corrected chi connectivity index (χ2v) is 7.67. The quantitative estimate of drug-likeness (QED) is 0.805. The fourth-order valence-electron chi connectivity index (χ4n) is 3.32. The molecule has 0 aromatic heterocycles. The zero-order valence-electron chi connectivity index (χ0n) is 14.3. The lowest BCUT2D eigenvalue weighted by Gasteiger charge is -2.30. The van der Waals surface area contributed by atoms with Crippen molar-refractivity contribution in [3.05, 3.63) is 59.9 Å². The molecule has 4 nitrogen and oxygen atoms in total. The minimum atomic E-state index is -0.625. The molecule has 4 rings (SSSR count). The van der Waals surface area contributed by atoms with Crippen molar-refractivity contribution >= 4 is 17.7 Å². The van der Waals surface area contributed by atoms with Crippen LogP contribution in [-0.4, -0.2) is 42.4 Å². The van der Waals surface area contributed by atoms with Gasteiger partial charge in [-0.3, -0.25) is 4.79 Å². The molecule has 2 unspecified atom stereocenters. The number of hydrogen-bond acceptors (Lipinski definition) is 4. The standard InChI is InChI=1S/C20H20FNO3S/c21-15-6-2-1-5-14(15)19-9-10-22(11-12-26-19)20(23)18-13-24-16-7-3-4-8-17(16)25-18/h1-8,18-19H,9-13H2. The number of carbonyl (C=O) groups is 1. The van der Waals surface area contributed by atoms with E-state index in [4.69, 9.17) is 9.47 Å². The molecule has 6 heteroatoms. The van der Waals surface area contributed by atoms with Gasteiger partial charge in [-0.15, -0.1) is 0 Å². The highest BCUT2D eigenvalue weighted by Crippen LogP contribution is 2.36. The molecule has 0 saturated carbocycles. The fraction of sp³-hybridized carbons (Fsp3) is 0.350. The summed E-state index contributed by atoms with van der Waals surface area (Å²) in [6.07, 6.45) is 0.0986. The predicted octanol–water partition coefficient (Wildman–Crippen LogP) is 3.67. The van der Waals surface area contributed by atoms with Gasteiger partial charge in [-0.05, 0) is 24.6 Å². The van der Waals surface area contributed by atoms with Gasteiger partial charge < -0.3 is 14.4 Å². The van der Waals surface area contributed by atoms with Crippen molar-refractivity contribution in [2.24, 2.45) is 0 Å². The number of ether oxygens (including phenoxy) is 2. The van der Waals surface area contributed by atoms with E-state index >= 15 is 0 Å². The van der Waals surface area contributed by atoms with Crippen molar-refractivity contribution < 1.29 is 18.7 Å². The number of hydrogen-bond donors (Lipinski definition) is 0. The van der Waals surface area contributed by atoms with Gasteiger partial charge in [0.15, 0.2) is 11.5 Å². The van der Waals surface area contributed by atoms with E-state index in [1.54, 1.807) is 23.9 Å². The molecule has 1 amide bonds. The average Bonchev–Trinajstić information content (AvgIpc) is 2.93. The Morgan fingerprint density at radius 3 is 2.69 bits per heavy atom. The smallest absolute Gasteiger partial charge is 0.267 e. The first-order valence-corrected chi connectivity index (χ1v) is 9.80. The molecule has 26 heavy (non-hydrogen) atoms. The Balaban J connectivity index is 1.41. The number of fused-ring (bicyclic) bond motifs is 1. The molecule has 2 aromatic carbocycles. The van der Waals surface area contributed by atoms with Gasteiger partial charge in [0.2, 0.25) is 6.10 Å². The second kappa shape index (κ2) is 7.58. The summed E-state index contributed by atoms with van der Waals surface area (Å²) in [6.45, 7) is 1.44. The van der Waals surface area contributed by atoms with Crippen molar-refractivity contribution in [3.63, 3.8) is 0 Å². The Bertz CT molecular complexity index is 800. The average molecular weight is 373 g/mol. The Hall–Kier alpha value is -2.21. The Morgan fingerprint density at radius 1 is 1.08 bits per heavy atom. The van der Waals surface area contributed by atoms with Gasteiger partial charge in [0.05, 0.1) is 0 Å². The Kier molecular flexibility index (Phi) is 5.02. The van der Waals surface area contributed by atoms with Crippen LogP contribution in [0.25, 0.3) is 0 Å². The summed E-state index contributed by atoms with van der Waals surface area (Å²) in [5, 5.41) is 0.0678. The van der Waals surface area contributed by atoms with Crippen molar-refractivity contribution in [2.45, 2.75) is 17.8 Å². The number of rotatable bonds is 2. The number of carbonyl (C=O) groups excluding carboxylic acids is 1. The highest BCUT2D eigenvalue weighted by Gasteiger charge is 2.32. The van der Waals surface area contributed by atoms with Gasteiger partial charge in [0.25, 0.3) is 5.91 Å².